The van der Waals surface area contributed by atoms with Crippen molar-refractivity contribution in [2.45, 2.75) is 20.3 Å². The van der Waals surface area contributed by atoms with Gasteiger partial charge in [-0.15, -0.1) is 0 Å². The van der Waals surface area contributed by atoms with Crippen LogP contribution >= 0.6 is 0 Å². The lowest BCUT2D eigenvalue weighted by Crippen LogP contribution is -2.22. The molecule has 7 nitrogen and oxygen atoms in total. The van der Waals surface area contributed by atoms with Crippen LogP contribution in [0.25, 0.3) is 0 Å². The third-order valence-electron chi connectivity index (χ3n) is 3.39. The highest BCUT2D eigenvalue weighted by atomic mass is 16.5. The van der Waals surface area contributed by atoms with E-state index in [0.29, 0.717) is 24.2 Å². The zero-order chi connectivity index (χ0) is 18.2. The molecular formula is C18H19N3O4. The quantitative estimate of drug-likeness (QED) is 0.605. The average molecular weight is 341 g/mol. The number of nitrogens with zero attached hydrogens (tertiary/aromatic N) is 2. The van der Waals surface area contributed by atoms with Gasteiger partial charge in [0.1, 0.15) is 0 Å². The third kappa shape index (κ3) is 5.80. The van der Waals surface area contributed by atoms with Gasteiger partial charge in [-0.05, 0) is 18.9 Å². The van der Waals surface area contributed by atoms with E-state index in [1.165, 1.54) is 19.3 Å². The number of carbonyl (C=O) groups excluding carboxylic acids is 3. The molecular weight excluding hydrogens is 322 g/mol. The van der Waals surface area contributed by atoms with Crippen molar-refractivity contribution in [1.29, 1.82) is 0 Å². The first-order valence-corrected chi connectivity index (χ1v) is 7.78. The van der Waals surface area contributed by atoms with Crippen LogP contribution in [0.1, 0.15) is 39.0 Å². The standard InChI is InChI=1S/C18H19N3O4/c1-12-9-21-16(10-20-12)18(24)25-11-17(23)15-5-3-14(4-6-15)7-8-19-13(2)22/h3-6,9-10H,7-8,11H2,1-2H3,(H,19,22). The van der Waals surface area contributed by atoms with E-state index >= 15 is 0 Å². The van der Waals surface area contributed by atoms with Crippen LogP contribution in [0.3, 0.4) is 0 Å². The number of carbonyl (C=O) groups is 3. The Hall–Kier alpha value is -3.09. The Bertz CT molecular complexity index is 755. The molecule has 0 unspecified atom stereocenters. The first kappa shape index (κ1) is 18.3. The maximum Gasteiger partial charge on any atom is 0.358 e. The van der Waals surface area contributed by atoms with Gasteiger partial charge in [0, 0.05) is 25.2 Å². The number of nitrogens with one attached hydrogen (secondary N) is 1. The normalized spacial score (nSPS) is 10.2. The van der Waals surface area contributed by atoms with E-state index in [9.17, 15) is 14.4 Å². The van der Waals surface area contributed by atoms with Crippen molar-refractivity contribution in [1.82, 2.24) is 15.3 Å². The molecule has 2 rings (SSSR count). The Labute approximate surface area is 145 Å². The fourth-order valence-corrected chi connectivity index (χ4v) is 2.03. The molecule has 0 aliphatic heterocycles. The molecule has 1 N–H and O–H groups in total. The number of amides is 1. The number of aromatic nitrogens is 2. The van der Waals surface area contributed by atoms with Crippen molar-refractivity contribution in [3.8, 4) is 0 Å². The van der Waals surface area contributed by atoms with Gasteiger partial charge in [0.2, 0.25) is 5.91 Å². The first-order valence-electron chi connectivity index (χ1n) is 7.78. The number of esters is 1. The van der Waals surface area contributed by atoms with Gasteiger partial charge in [-0.2, -0.15) is 0 Å². The molecule has 0 bridgehead atoms. The van der Waals surface area contributed by atoms with Crippen molar-refractivity contribution in [3.63, 3.8) is 0 Å². The van der Waals surface area contributed by atoms with Gasteiger partial charge >= 0.3 is 5.97 Å². The fourth-order valence-electron chi connectivity index (χ4n) is 2.03. The molecule has 0 atom stereocenters. The summed E-state index contributed by atoms with van der Waals surface area (Å²) in [6, 6.07) is 6.96. The number of rotatable bonds is 7. The van der Waals surface area contributed by atoms with E-state index in [1.807, 2.05) is 12.1 Å². The van der Waals surface area contributed by atoms with Gasteiger partial charge in [-0.3, -0.25) is 14.6 Å². The van der Waals surface area contributed by atoms with E-state index in [0.717, 1.165) is 5.56 Å². The van der Waals surface area contributed by atoms with Crippen molar-refractivity contribution in [2.24, 2.45) is 0 Å². The van der Waals surface area contributed by atoms with Gasteiger partial charge in [0.25, 0.3) is 0 Å². The summed E-state index contributed by atoms with van der Waals surface area (Å²) in [6.07, 6.45) is 3.44. The van der Waals surface area contributed by atoms with Crippen LogP contribution in [0, 0.1) is 6.92 Å². The Morgan fingerprint density at radius 2 is 1.80 bits per heavy atom. The van der Waals surface area contributed by atoms with Crippen molar-refractivity contribution in [3.05, 3.63) is 59.2 Å². The van der Waals surface area contributed by atoms with Crippen molar-refractivity contribution < 1.29 is 19.1 Å². The lowest BCUT2D eigenvalue weighted by atomic mass is 10.1. The summed E-state index contributed by atoms with van der Waals surface area (Å²) in [4.78, 5) is 42.6. The van der Waals surface area contributed by atoms with Crippen LogP contribution in [-0.2, 0) is 16.0 Å². The van der Waals surface area contributed by atoms with E-state index < -0.39 is 5.97 Å². The van der Waals surface area contributed by atoms with Gasteiger partial charge in [-0.1, -0.05) is 24.3 Å². The average Bonchev–Trinajstić information content (AvgIpc) is 2.60. The van der Waals surface area contributed by atoms with Crippen molar-refractivity contribution in [2.75, 3.05) is 13.2 Å². The van der Waals surface area contributed by atoms with Gasteiger partial charge in [0.05, 0.1) is 11.9 Å². The van der Waals surface area contributed by atoms with Crippen LogP contribution in [0.15, 0.2) is 36.7 Å². The van der Waals surface area contributed by atoms with Crippen molar-refractivity contribution >= 4 is 17.7 Å². The van der Waals surface area contributed by atoms with E-state index in [-0.39, 0.29) is 24.0 Å². The first-order chi connectivity index (χ1) is 12.0. The predicted molar refractivity (Wildman–Crippen MR) is 90.2 cm³/mol. The minimum atomic E-state index is -0.687. The molecule has 0 saturated heterocycles. The summed E-state index contributed by atoms with van der Waals surface area (Å²) in [5.41, 5.74) is 2.20. The SMILES string of the molecule is CC(=O)NCCc1ccc(C(=O)COC(=O)c2cnc(C)cn2)cc1. The molecule has 0 fully saturated rings. The number of ether oxygens (including phenoxy) is 1. The summed E-state index contributed by atoms with van der Waals surface area (Å²) >= 11 is 0. The maximum absolute atomic E-state index is 12.1. The summed E-state index contributed by atoms with van der Waals surface area (Å²) in [6.45, 7) is 3.40. The van der Waals surface area contributed by atoms with E-state index in [4.69, 9.17) is 4.74 Å². The van der Waals surface area contributed by atoms with Crippen LogP contribution in [0.4, 0.5) is 0 Å². The number of benzene rings is 1. The Morgan fingerprint density at radius 3 is 2.40 bits per heavy atom. The zero-order valence-electron chi connectivity index (χ0n) is 14.1. The fraction of sp³-hybridized carbons (Fsp3) is 0.278. The highest BCUT2D eigenvalue weighted by molar-refractivity contribution is 5.99. The van der Waals surface area contributed by atoms with Crippen LogP contribution in [0.2, 0.25) is 0 Å². The summed E-state index contributed by atoms with van der Waals surface area (Å²) in [5, 5.41) is 2.71. The monoisotopic (exact) mass is 341 g/mol. The molecule has 0 aliphatic rings. The second-order valence-electron chi connectivity index (χ2n) is 5.47. The highest BCUT2D eigenvalue weighted by Crippen LogP contribution is 2.07. The molecule has 0 saturated carbocycles. The largest absolute Gasteiger partial charge is 0.453 e. The smallest absolute Gasteiger partial charge is 0.358 e. The molecule has 1 aromatic heterocycles. The molecule has 130 valence electrons. The molecule has 0 aliphatic carbocycles. The Balaban J connectivity index is 1.85. The molecule has 1 aromatic carbocycles. The zero-order valence-corrected chi connectivity index (χ0v) is 14.1. The molecule has 0 spiro atoms. The minimum absolute atomic E-state index is 0.0618. The second kappa shape index (κ2) is 8.68. The lowest BCUT2D eigenvalue weighted by Gasteiger charge is -2.06. The van der Waals surface area contributed by atoms with E-state index in [1.54, 1.807) is 19.1 Å². The molecule has 0 radical (unpaired) electrons. The number of hydrogen-bond donors (Lipinski definition) is 1. The molecule has 7 heteroatoms. The topological polar surface area (TPSA) is 98.2 Å². The number of Topliss-reactive ketones (excluding diaryl/α,β-unsaturated/α-hetero) is 1. The predicted octanol–water partition coefficient (Wildman–Crippen LogP) is 1.50. The molecule has 1 heterocycles. The van der Waals surface area contributed by atoms with Crippen LogP contribution < -0.4 is 5.32 Å². The van der Waals surface area contributed by atoms with Gasteiger partial charge in [0.15, 0.2) is 18.1 Å². The molecule has 25 heavy (non-hydrogen) atoms. The Kier molecular flexibility index (Phi) is 6.33. The number of ketones is 1. The molecule has 1 amide bonds. The summed E-state index contributed by atoms with van der Waals surface area (Å²) < 4.78 is 4.97. The maximum atomic E-state index is 12.1. The Morgan fingerprint density at radius 1 is 1.08 bits per heavy atom. The van der Waals surface area contributed by atoms with Crippen LogP contribution in [-0.4, -0.2) is 40.8 Å². The van der Waals surface area contributed by atoms with Crippen LogP contribution in [0.5, 0.6) is 0 Å². The highest BCUT2D eigenvalue weighted by Gasteiger charge is 2.13. The lowest BCUT2D eigenvalue weighted by molar-refractivity contribution is -0.118. The van der Waals surface area contributed by atoms with E-state index in [2.05, 4.69) is 15.3 Å². The number of aryl methyl sites for hydroxylation is 1. The van der Waals surface area contributed by atoms with Gasteiger partial charge in [-0.25, -0.2) is 9.78 Å². The summed E-state index contributed by atoms with van der Waals surface area (Å²) in [7, 11) is 0. The van der Waals surface area contributed by atoms with Gasteiger partial charge < -0.3 is 10.1 Å². The number of hydrogen-bond acceptors (Lipinski definition) is 6. The summed E-state index contributed by atoms with van der Waals surface area (Å²) in [5.74, 6) is -1.07. The molecule has 2 aromatic rings. The third-order valence-corrected chi connectivity index (χ3v) is 3.39. The second-order valence-corrected chi connectivity index (χ2v) is 5.47. The minimum Gasteiger partial charge on any atom is -0.453 e.